The van der Waals surface area contributed by atoms with E-state index in [1.54, 1.807) is 7.05 Å². The van der Waals surface area contributed by atoms with Gasteiger partial charge < -0.3 is 16.0 Å². The molecule has 2 aromatic heterocycles. The summed E-state index contributed by atoms with van der Waals surface area (Å²) in [5.41, 5.74) is 10.2. The molecular weight excluding hydrogens is 431 g/mol. The third-order valence-electron chi connectivity index (χ3n) is 6.17. The van der Waals surface area contributed by atoms with Gasteiger partial charge in [-0.3, -0.25) is 14.3 Å². The Balaban J connectivity index is 1.41. The van der Waals surface area contributed by atoms with E-state index < -0.39 is 5.82 Å². The lowest BCUT2D eigenvalue weighted by Crippen LogP contribution is -2.47. The van der Waals surface area contributed by atoms with E-state index in [0.717, 1.165) is 35.1 Å². The molecule has 7 nitrogen and oxygen atoms in total. The van der Waals surface area contributed by atoms with Gasteiger partial charge in [-0.2, -0.15) is 0 Å². The highest BCUT2D eigenvalue weighted by molar-refractivity contribution is 5.66. The monoisotopic (exact) mass is 456 g/mol. The Morgan fingerprint density at radius 2 is 1.76 bits per heavy atom. The van der Waals surface area contributed by atoms with Crippen molar-refractivity contribution in [3.63, 3.8) is 0 Å². The molecule has 1 atom stereocenters. The Morgan fingerprint density at radius 3 is 2.47 bits per heavy atom. The molecule has 0 amide bonds. The number of benzene rings is 2. The van der Waals surface area contributed by atoms with Gasteiger partial charge in [-0.25, -0.2) is 9.37 Å². The summed E-state index contributed by atoms with van der Waals surface area (Å²) in [7, 11) is 1.69. The average Bonchev–Trinajstić information content (AvgIpc) is 2.87. The molecule has 0 radical (unpaired) electrons. The molecule has 1 saturated heterocycles. The molecule has 0 bridgehead atoms. The summed E-state index contributed by atoms with van der Waals surface area (Å²) in [4.78, 5) is 23.2. The Kier molecular flexibility index (Phi) is 5.81. The number of nitrogen functional groups attached to an aromatic ring is 1. The zero-order chi connectivity index (χ0) is 23.7. The van der Waals surface area contributed by atoms with Crippen molar-refractivity contribution < 1.29 is 4.39 Å². The quantitative estimate of drug-likeness (QED) is 0.458. The molecule has 4 aromatic rings. The van der Waals surface area contributed by atoms with Gasteiger partial charge in [-0.1, -0.05) is 36.4 Å². The number of hydrogen-bond acceptors (Lipinski definition) is 6. The Labute approximate surface area is 196 Å². The highest BCUT2D eigenvalue weighted by atomic mass is 19.1. The third kappa shape index (κ3) is 4.27. The predicted molar refractivity (Wildman–Crippen MR) is 132 cm³/mol. The molecule has 172 valence electrons. The summed E-state index contributed by atoms with van der Waals surface area (Å²) in [5.74, 6) is 0.0114. The maximum atomic E-state index is 14.3. The topological polar surface area (TPSA) is 89.1 Å². The first kappa shape index (κ1) is 21.8. The van der Waals surface area contributed by atoms with Crippen LogP contribution in [0.25, 0.3) is 22.4 Å². The van der Waals surface area contributed by atoms with Crippen LogP contribution in [0.1, 0.15) is 11.6 Å². The maximum Gasteiger partial charge on any atom is 0.255 e. The fourth-order valence-electron chi connectivity index (χ4n) is 4.27. The van der Waals surface area contributed by atoms with Gasteiger partial charge in [0.1, 0.15) is 0 Å². The van der Waals surface area contributed by atoms with Crippen molar-refractivity contribution in [1.82, 2.24) is 19.9 Å². The van der Waals surface area contributed by atoms with Crippen LogP contribution in [0.3, 0.4) is 0 Å². The lowest BCUT2D eigenvalue weighted by atomic mass is 9.99. The van der Waals surface area contributed by atoms with Crippen LogP contribution in [0.15, 0.2) is 77.9 Å². The van der Waals surface area contributed by atoms with Crippen LogP contribution >= 0.6 is 0 Å². The lowest BCUT2D eigenvalue weighted by molar-refractivity contribution is 0.462. The van der Waals surface area contributed by atoms with Crippen molar-refractivity contribution >= 4 is 11.6 Å². The van der Waals surface area contributed by atoms with Gasteiger partial charge in [0.2, 0.25) is 5.95 Å². The fraction of sp³-hybridized carbons (Fsp3) is 0.192. The standard InChI is InChI=1S/C26H25FN6O/c1-32-25(34)14-23(21-10-11-29-15-22(21)27)31-26(32)33-13-12-30-24(16-33)19-4-2-17(3-5-19)18-6-8-20(28)9-7-18/h2-11,14-15,24,30H,12-13,16,28H2,1H3/t24-/m1/s1. The Bertz CT molecular complexity index is 1370. The molecule has 1 aliphatic rings. The van der Waals surface area contributed by atoms with Crippen molar-refractivity contribution in [3.05, 3.63) is 94.8 Å². The largest absolute Gasteiger partial charge is 0.399 e. The second kappa shape index (κ2) is 9.07. The second-order valence-electron chi connectivity index (χ2n) is 8.39. The second-order valence-corrected chi connectivity index (χ2v) is 8.39. The first-order chi connectivity index (χ1) is 16.5. The van der Waals surface area contributed by atoms with Crippen LogP contribution in [-0.2, 0) is 7.05 Å². The van der Waals surface area contributed by atoms with Gasteiger partial charge in [-0.15, -0.1) is 0 Å². The summed E-state index contributed by atoms with van der Waals surface area (Å²) in [6, 6.07) is 19.2. The molecule has 5 rings (SSSR count). The van der Waals surface area contributed by atoms with E-state index in [1.807, 2.05) is 24.3 Å². The van der Waals surface area contributed by atoms with Crippen molar-refractivity contribution in [2.45, 2.75) is 6.04 Å². The fourth-order valence-corrected chi connectivity index (χ4v) is 4.27. The normalized spacial score (nSPS) is 15.9. The van der Waals surface area contributed by atoms with Crippen molar-refractivity contribution in [1.29, 1.82) is 0 Å². The van der Waals surface area contributed by atoms with Crippen LogP contribution < -0.4 is 21.5 Å². The van der Waals surface area contributed by atoms with E-state index in [1.165, 1.54) is 22.9 Å². The first-order valence-corrected chi connectivity index (χ1v) is 11.1. The Morgan fingerprint density at radius 1 is 1.06 bits per heavy atom. The maximum absolute atomic E-state index is 14.3. The van der Waals surface area contributed by atoms with Crippen LogP contribution in [0.2, 0.25) is 0 Å². The minimum absolute atomic E-state index is 0.0624. The molecule has 3 heterocycles. The van der Waals surface area contributed by atoms with Gasteiger partial charge in [0.15, 0.2) is 5.82 Å². The van der Waals surface area contributed by atoms with E-state index in [-0.39, 0.29) is 17.2 Å². The number of piperazine rings is 1. The number of nitrogens with one attached hydrogen (secondary N) is 1. The highest BCUT2D eigenvalue weighted by Crippen LogP contribution is 2.26. The van der Waals surface area contributed by atoms with Crippen molar-refractivity contribution in [2.24, 2.45) is 7.05 Å². The molecule has 0 saturated carbocycles. The van der Waals surface area contributed by atoms with E-state index in [2.05, 4.69) is 44.5 Å². The van der Waals surface area contributed by atoms with Crippen molar-refractivity contribution in [3.8, 4) is 22.4 Å². The minimum atomic E-state index is -0.506. The number of hydrogen-bond donors (Lipinski definition) is 2. The van der Waals surface area contributed by atoms with E-state index >= 15 is 0 Å². The molecule has 2 aromatic carbocycles. The van der Waals surface area contributed by atoms with Gasteiger partial charge in [0.25, 0.3) is 5.56 Å². The van der Waals surface area contributed by atoms with E-state index in [0.29, 0.717) is 24.7 Å². The molecule has 34 heavy (non-hydrogen) atoms. The summed E-state index contributed by atoms with van der Waals surface area (Å²) in [6.45, 7) is 2.04. The zero-order valence-electron chi connectivity index (χ0n) is 18.8. The Hall–Kier alpha value is -4.04. The lowest BCUT2D eigenvalue weighted by Gasteiger charge is -2.35. The molecule has 3 N–H and O–H groups in total. The number of anilines is 2. The number of pyridine rings is 1. The van der Waals surface area contributed by atoms with Crippen molar-refractivity contribution in [2.75, 3.05) is 30.3 Å². The number of nitrogens with two attached hydrogens (primary N) is 1. The summed E-state index contributed by atoms with van der Waals surface area (Å²) < 4.78 is 15.8. The first-order valence-electron chi connectivity index (χ1n) is 11.1. The third-order valence-corrected chi connectivity index (χ3v) is 6.17. The van der Waals surface area contributed by atoms with E-state index in [9.17, 15) is 9.18 Å². The minimum Gasteiger partial charge on any atom is -0.399 e. The number of halogens is 1. The van der Waals surface area contributed by atoms with Gasteiger partial charge in [0, 0.05) is 56.2 Å². The molecule has 1 fully saturated rings. The summed E-state index contributed by atoms with van der Waals surface area (Å²) >= 11 is 0. The zero-order valence-corrected chi connectivity index (χ0v) is 18.8. The average molecular weight is 457 g/mol. The molecule has 1 aliphatic heterocycles. The van der Waals surface area contributed by atoms with Crippen LogP contribution in [0.5, 0.6) is 0 Å². The van der Waals surface area contributed by atoms with Gasteiger partial charge >= 0.3 is 0 Å². The molecule has 0 unspecified atom stereocenters. The SMILES string of the molecule is Cn1c(N2CCN[C@@H](c3ccc(-c4ccc(N)cc4)cc3)C2)nc(-c2ccncc2F)cc1=O. The van der Waals surface area contributed by atoms with Crippen LogP contribution in [-0.4, -0.2) is 34.2 Å². The highest BCUT2D eigenvalue weighted by Gasteiger charge is 2.24. The smallest absolute Gasteiger partial charge is 0.255 e. The van der Waals surface area contributed by atoms with E-state index in [4.69, 9.17) is 5.73 Å². The van der Waals surface area contributed by atoms with Crippen LogP contribution in [0.4, 0.5) is 16.0 Å². The number of nitrogens with zero attached hydrogens (tertiary/aromatic N) is 4. The number of rotatable bonds is 4. The summed E-state index contributed by atoms with van der Waals surface area (Å²) in [5, 5.41) is 3.55. The number of aromatic nitrogens is 3. The van der Waals surface area contributed by atoms with Gasteiger partial charge in [-0.05, 0) is 34.9 Å². The molecule has 8 heteroatoms. The predicted octanol–water partition coefficient (Wildman–Crippen LogP) is 3.38. The molecular formula is C26H25FN6O. The van der Waals surface area contributed by atoms with Gasteiger partial charge in [0.05, 0.1) is 11.9 Å². The summed E-state index contributed by atoms with van der Waals surface area (Å²) in [6.07, 6.45) is 2.62. The molecule has 0 spiro atoms. The van der Waals surface area contributed by atoms with Crippen LogP contribution in [0, 0.1) is 5.82 Å². The molecule has 0 aliphatic carbocycles.